The van der Waals surface area contributed by atoms with E-state index in [2.05, 4.69) is 43.0 Å². The van der Waals surface area contributed by atoms with Crippen molar-refractivity contribution in [1.29, 1.82) is 0 Å². The second kappa shape index (κ2) is 7.77. The summed E-state index contributed by atoms with van der Waals surface area (Å²) >= 11 is 1.78. The van der Waals surface area contributed by atoms with Gasteiger partial charge in [0.15, 0.2) is 0 Å². The summed E-state index contributed by atoms with van der Waals surface area (Å²) in [5.74, 6) is 0.511. The molecule has 2 aromatic heterocycles. The zero-order chi connectivity index (χ0) is 17.0. The maximum absolute atomic E-state index is 11.6. The highest BCUT2D eigenvalue weighted by atomic mass is 32.2. The van der Waals surface area contributed by atoms with Crippen LogP contribution in [0.3, 0.4) is 0 Å². The summed E-state index contributed by atoms with van der Waals surface area (Å²) in [4.78, 5) is 3.79. The maximum atomic E-state index is 11.6. The molecule has 3 rings (SSSR count). The van der Waals surface area contributed by atoms with Crippen LogP contribution >= 0.6 is 11.3 Å². The van der Waals surface area contributed by atoms with Gasteiger partial charge in [0.05, 0.1) is 11.4 Å². The number of hydrogen-bond donors (Lipinski definition) is 1. The highest BCUT2D eigenvalue weighted by Gasteiger charge is 2.22. The Hall–Kier alpha value is -1.22. The van der Waals surface area contributed by atoms with Crippen LogP contribution < -0.4 is 4.72 Å². The van der Waals surface area contributed by atoms with Crippen LogP contribution in [0.15, 0.2) is 29.8 Å². The number of thiophene rings is 1. The molecule has 0 aliphatic carbocycles. The Morgan fingerprint density at radius 3 is 3.00 bits per heavy atom. The minimum atomic E-state index is -3.12. The van der Waals surface area contributed by atoms with Crippen LogP contribution in [0, 0.1) is 5.92 Å². The third-order valence-corrected chi connectivity index (χ3v) is 6.62. The third kappa shape index (κ3) is 4.66. The summed E-state index contributed by atoms with van der Waals surface area (Å²) < 4.78 is 28.0. The van der Waals surface area contributed by atoms with E-state index in [1.165, 1.54) is 10.6 Å². The topological polar surface area (TPSA) is 67.2 Å². The molecule has 0 fully saturated rings. The van der Waals surface area contributed by atoms with Crippen molar-refractivity contribution in [2.75, 3.05) is 18.8 Å². The van der Waals surface area contributed by atoms with Crippen molar-refractivity contribution in [3.63, 3.8) is 0 Å². The second-order valence-electron chi connectivity index (χ2n) is 6.21. The molecule has 0 radical (unpaired) electrons. The number of nitrogens with zero attached hydrogens (tertiary/aromatic N) is 3. The largest absolute Gasteiger partial charge is 0.292 e. The van der Waals surface area contributed by atoms with Crippen LogP contribution in [0.4, 0.5) is 0 Å². The van der Waals surface area contributed by atoms with Gasteiger partial charge in [0.25, 0.3) is 0 Å². The van der Waals surface area contributed by atoms with E-state index in [0.29, 0.717) is 12.5 Å². The molecule has 0 aromatic carbocycles. The van der Waals surface area contributed by atoms with E-state index < -0.39 is 10.0 Å². The Morgan fingerprint density at radius 1 is 1.38 bits per heavy atom. The Kier molecular flexibility index (Phi) is 5.70. The second-order valence-corrected chi connectivity index (χ2v) is 9.33. The molecule has 0 bridgehead atoms. The predicted molar refractivity (Wildman–Crippen MR) is 96.2 cm³/mol. The molecule has 0 unspecified atom stereocenters. The van der Waals surface area contributed by atoms with Gasteiger partial charge in [0.2, 0.25) is 10.0 Å². The molecule has 3 heterocycles. The van der Waals surface area contributed by atoms with Gasteiger partial charge in [0.1, 0.15) is 0 Å². The van der Waals surface area contributed by atoms with Crippen molar-refractivity contribution < 1.29 is 8.42 Å². The molecule has 1 N–H and O–H groups in total. The van der Waals surface area contributed by atoms with Gasteiger partial charge in [-0.05, 0) is 36.8 Å². The predicted octanol–water partition coefficient (Wildman–Crippen LogP) is 1.91. The van der Waals surface area contributed by atoms with E-state index >= 15 is 0 Å². The first kappa shape index (κ1) is 17.6. The van der Waals surface area contributed by atoms with Gasteiger partial charge < -0.3 is 0 Å². The molecular formula is C16H24N4O2S2. The number of hydrogen-bond acceptors (Lipinski definition) is 5. The summed E-state index contributed by atoms with van der Waals surface area (Å²) in [6.07, 6.45) is 2.67. The van der Waals surface area contributed by atoms with E-state index in [4.69, 9.17) is 0 Å². The molecule has 0 saturated heterocycles. The van der Waals surface area contributed by atoms with Gasteiger partial charge in [-0.15, -0.1) is 11.3 Å². The van der Waals surface area contributed by atoms with E-state index in [-0.39, 0.29) is 5.75 Å². The van der Waals surface area contributed by atoms with Crippen molar-refractivity contribution in [3.8, 4) is 0 Å². The number of fused-ring (bicyclic) bond motifs is 1. The van der Waals surface area contributed by atoms with E-state index in [0.717, 1.165) is 32.6 Å². The van der Waals surface area contributed by atoms with Crippen LogP contribution in [0.5, 0.6) is 0 Å². The monoisotopic (exact) mass is 368 g/mol. The first-order chi connectivity index (χ1) is 11.6. The van der Waals surface area contributed by atoms with Crippen LogP contribution in [0.1, 0.15) is 23.9 Å². The molecule has 6 nitrogen and oxygen atoms in total. The van der Waals surface area contributed by atoms with Gasteiger partial charge in [-0.3, -0.25) is 9.58 Å². The lowest BCUT2D eigenvalue weighted by Gasteiger charge is -2.23. The molecule has 1 aliphatic rings. The maximum Gasteiger partial charge on any atom is 0.211 e. The summed E-state index contributed by atoms with van der Waals surface area (Å²) in [5.41, 5.74) is 1.23. The molecule has 2 aromatic rings. The summed E-state index contributed by atoms with van der Waals surface area (Å²) in [6.45, 7) is 5.76. The molecule has 1 aliphatic heterocycles. The smallest absolute Gasteiger partial charge is 0.211 e. The van der Waals surface area contributed by atoms with E-state index in [9.17, 15) is 8.42 Å². The molecule has 24 heavy (non-hydrogen) atoms. The molecule has 0 spiro atoms. The van der Waals surface area contributed by atoms with E-state index in [1.807, 2.05) is 6.20 Å². The van der Waals surface area contributed by atoms with Crippen LogP contribution in [-0.4, -0.2) is 41.9 Å². The molecule has 0 saturated carbocycles. The molecule has 0 amide bonds. The van der Waals surface area contributed by atoms with Crippen molar-refractivity contribution in [1.82, 2.24) is 19.4 Å². The normalized spacial score (nSPS) is 19.1. The van der Waals surface area contributed by atoms with Crippen LogP contribution in [0.25, 0.3) is 0 Å². The lowest BCUT2D eigenvalue weighted by atomic mass is 10.1. The first-order valence-electron chi connectivity index (χ1n) is 8.28. The van der Waals surface area contributed by atoms with Gasteiger partial charge >= 0.3 is 0 Å². The summed E-state index contributed by atoms with van der Waals surface area (Å²) in [6, 6.07) is 6.32. The minimum Gasteiger partial charge on any atom is -0.292 e. The lowest BCUT2D eigenvalue weighted by Crippen LogP contribution is -2.32. The molecule has 8 heteroatoms. The quantitative estimate of drug-likeness (QED) is 0.811. The highest BCUT2D eigenvalue weighted by molar-refractivity contribution is 7.89. The molecule has 132 valence electrons. The molecule has 1 atom stereocenters. The number of nitrogens with one attached hydrogen (secondary N) is 1. The number of rotatable bonds is 7. The van der Waals surface area contributed by atoms with Gasteiger partial charge in [-0.1, -0.05) is 6.07 Å². The Morgan fingerprint density at radius 2 is 2.25 bits per heavy atom. The van der Waals surface area contributed by atoms with Gasteiger partial charge in [-0.25, -0.2) is 13.1 Å². The first-order valence-corrected chi connectivity index (χ1v) is 10.8. The lowest BCUT2D eigenvalue weighted by molar-refractivity contribution is 0.217. The van der Waals surface area contributed by atoms with E-state index in [1.54, 1.807) is 18.3 Å². The fourth-order valence-corrected chi connectivity index (χ4v) is 4.45. The SMILES string of the molecule is CCS(=O)(=O)NCC[C@@H]1CN(Cc2cccs2)Cc2ccnn2C1. The fourth-order valence-electron chi connectivity index (χ4n) is 3.07. The zero-order valence-corrected chi connectivity index (χ0v) is 15.5. The number of sulfonamides is 1. The minimum absolute atomic E-state index is 0.130. The standard InChI is InChI=1S/C16H24N4O2S2/c1-2-24(21,22)18-8-5-14-10-19(13-16-4-3-9-23-16)12-15-6-7-17-20(15)11-14/h3-4,6-7,9,14,18H,2,5,8,10-13H2,1H3/t14-/m1/s1. The highest BCUT2D eigenvalue weighted by Crippen LogP contribution is 2.21. The Bertz CT molecular complexity index is 740. The Balaban J connectivity index is 1.65. The average Bonchev–Trinajstić information content (AvgIpc) is 3.17. The number of aromatic nitrogens is 2. The molecular weight excluding hydrogens is 344 g/mol. The zero-order valence-electron chi connectivity index (χ0n) is 13.9. The van der Waals surface area contributed by atoms with Gasteiger partial charge in [-0.2, -0.15) is 5.10 Å². The van der Waals surface area contributed by atoms with Crippen LogP contribution in [0.2, 0.25) is 0 Å². The van der Waals surface area contributed by atoms with Crippen molar-refractivity contribution >= 4 is 21.4 Å². The van der Waals surface area contributed by atoms with Crippen molar-refractivity contribution in [2.45, 2.75) is 33.0 Å². The van der Waals surface area contributed by atoms with Crippen molar-refractivity contribution in [3.05, 3.63) is 40.3 Å². The Labute approximate surface area is 147 Å². The third-order valence-electron chi connectivity index (χ3n) is 4.35. The van der Waals surface area contributed by atoms with Gasteiger partial charge in [0, 0.05) is 43.8 Å². The van der Waals surface area contributed by atoms with Crippen LogP contribution in [-0.2, 0) is 29.7 Å². The average molecular weight is 369 g/mol. The fraction of sp³-hybridized carbons (Fsp3) is 0.562. The summed E-state index contributed by atoms with van der Waals surface area (Å²) in [7, 11) is -3.12. The summed E-state index contributed by atoms with van der Waals surface area (Å²) in [5, 5.41) is 6.53. The van der Waals surface area contributed by atoms with Crippen molar-refractivity contribution in [2.24, 2.45) is 5.92 Å².